The van der Waals surface area contributed by atoms with Gasteiger partial charge in [-0.15, -0.1) is 0 Å². The second kappa shape index (κ2) is 6.68. The Bertz CT molecular complexity index is 988. The summed E-state index contributed by atoms with van der Waals surface area (Å²) in [6.07, 6.45) is 0. The van der Waals surface area contributed by atoms with Crippen LogP contribution in [0.5, 0.6) is 5.75 Å². The van der Waals surface area contributed by atoms with Gasteiger partial charge in [-0.05, 0) is 37.3 Å². The number of amides is 2. The van der Waals surface area contributed by atoms with Crippen molar-refractivity contribution in [2.45, 2.75) is 11.8 Å². The van der Waals surface area contributed by atoms with Crippen molar-refractivity contribution in [1.82, 2.24) is 0 Å². The molecule has 0 spiro atoms. The van der Waals surface area contributed by atoms with Gasteiger partial charge in [0.1, 0.15) is 11.7 Å². The molecule has 2 amide bonds. The summed E-state index contributed by atoms with van der Waals surface area (Å²) >= 11 is 0. The number of sulfonamides is 1. The first-order chi connectivity index (χ1) is 12.3. The lowest BCUT2D eigenvalue weighted by Gasteiger charge is -2.12. The zero-order chi connectivity index (χ0) is 18.9. The maximum absolute atomic E-state index is 12.6. The molecule has 1 aliphatic heterocycles. The molecule has 0 radical (unpaired) electrons. The van der Waals surface area contributed by atoms with E-state index in [2.05, 4.69) is 15.4 Å². The molecule has 0 saturated carbocycles. The Hall–Kier alpha value is -3.07. The molecule has 0 unspecified atom stereocenters. The van der Waals surface area contributed by atoms with Gasteiger partial charge < -0.3 is 15.4 Å². The standard InChI is InChI=1S/C17H17N3O5S/c1-10-16(21)18-14-7-6-13(9-15(14)19-17(10)22)26(23,24)20-11-4-3-5-12(8-11)25-2/h3-10,20H,1-2H3,(H,18,21)(H,19,22)/t10-/m0/s1. The van der Waals surface area contributed by atoms with Crippen molar-refractivity contribution in [3.8, 4) is 5.75 Å². The summed E-state index contributed by atoms with van der Waals surface area (Å²) in [7, 11) is -2.41. The van der Waals surface area contributed by atoms with Crippen molar-refractivity contribution in [2.24, 2.45) is 5.92 Å². The molecule has 0 saturated heterocycles. The molecular formula is C17H17N3O5S. The first-order valence-corrected chi connectivity index (χ1v) is 9.21. The van der Waals surface area contributed by atoms with Crippen LogP contribution in [0.2, 0.25) is 0 Å². The fraction of sp³-hybridized carbons (Fsp3) is 0.176. The normalized spacial score (nSPS) is 16.8. The highest BCUT2D eigenvalue weighted by Gasteiger charge is 2.27. The fourth-order valence-corrected chi connectivity index (χ4v) is 3.48. The maximum Gasteiger partial charge on any atom is 0.261 e. The number of carbonyl (C=O) groups excluding carboxylic acids is 2. The van der Waals surface area contributed by atoms with Crippen LogP contribution >= 0.6 is 0 Å². The lowest BCUT2D eigenvalue weighted by molar-refractivity contribution is -0.128. The topological polar surface area (TPSA) is 114 Å². The lowest BCUT2D eigenvalue weighted by Crippen LogP contribution is -2.28. The number of ether oxygens (including phenoxy) is 1. The fourth-order valence-electron chi connectivity index (χ4n) is 2.40. The van der Waals surface area contributed by atoms with Crippen molar-refractivity contribution in [3.63, 3.8) is 0 Å². The molecule has 0 aliphatic carbocycles. The summed E-state index contributed by atoms with van der Waals surface area (Å²) in [5, 5.41) is 5.15. The van der Waals surface area contributed by atoms with Crippen LogP contribution in [0.25, 0.3) is 0 Å². The molecule has 1 heterocycles. The van der Waals surface area contributed by atoms with E-state index in [1.807, 2.05) is 0 Å². The third-order valence-electron chi connectivity index (χ3n) is 3.93. The van der Waals surface area contributed by atoms with Gasteiger partial charge in [0.05, 0.1) is 29.1 Å². The van der Waals surface area contributed by atoms with Crippen molar-refractivity contribution in [1.29, 1.82) is 0 Å². The van der Waals surface area contributed by atoms with E-state index in [4.69, 9.17) is 4.74 Å². The minimum absolute atomic E-state index is 0.0526. The van der Waals surface area contributed by atoms with Gasteiger partial charge in [0, 0.05) is 6.07 Å². The van der Waals surface area contributed by atoms with Gasteiger partial charge in [-0.1, -0.05) is 6.07 Å². The van der Waals surface area contributed by atoms with E-state index >= 15 is 0 Å². The molecule has 3 N–H and O–H groups in total. The highest BCUT2D eigenvalue weighted by Crippen LogP contribution is 2.30. The average molecular weight is 375 g/mol. The highest BCUT2D eigenvalue weighted by atomic mass is 32.2. The van der Waals surface area contributed by atoms with E-state index < -0.39 is 27.8 Å². The van der Waals surface area contributed by atoms with E-state index in [1.54, 1.807) is 24.3 Å². The molecule has 26 heavy (non-hydrogen) atoms. The van der Waals surface area contributed by atoms with Crippen LogP contribution < -0.4 is 20.1 Å². The molecule has 9 heteroatoms. The molecular weight excluding hydrogens is 358 g/mol. The van der Waals surface area contributed by atoms with Gasteiger partial charge in [0.15, 0.2) is 0 Å². The summed E-state index contributed by atoms with van der Waals surface area (Å²) < 4.78 is 32.8. The minimum atomic E-state index is -3.90. The van der Waals surface area contributed by atoms with E-state index in [9.17, 15) is 18.0 Å². The van der Waals surface area contributed by atoms with Crippen LogP contribution in [0.1, 0.15) is 6.92 Å². The first-order valence-electron chi connectivity index (χ1n) is 7.73. The number of rotatable bonds is 4. The Morgan fingerprint density at radius 3 is 2.38 bits per heavy atom. The van der Waals surface area contributed by atoms with Gasteiger partial charge >= 0.3 is 0 Å². The number of anilines is 3. The zero-order valence-corrected chi connectivity index (χ0v) is 14.9. The van der Waals surface area contributed by atoms with Crippen molar-refractivity contribution in [2.75, 3.05) is 22.5 Å². The summed E-state index contributed by atoms with van der Waals surface area (Å²) in [5.41, 5.74) is 0.902. The second-order valence-electron chi connectivity index (χ2n) is 5.75. The Kier molecular flexibility index (Phi) is 4.56. The van der Waals surface area contributed by atoms with Crippen LogP contribution in [0.15, 0.2) is 47.4 Å². The second-order valence-corrected chi connectivity index (χ2v) is 7.43. The molecule has 0 bridgehead atoms. The molecule has 3 rings (SSSR count). The van der Waals surface area contributed by atoms with E-state index in [-0.39, 0.29) is 10.6 Å². The van der Waals surface area contributed by atoms with Gasteiger partial charge in [-0.25, -0.2) is 8.42 Å². The molecule has 0 aromatic heterocycles. The van der Waals surface area contributed by atoms with Crippen LogP contribution in [0.3, 0.4) is 0 Å². The number of carbonyl (C=O) groups is 2. The smallest absolute Gasteiger partial charge is 0.261 e. The predicted octanol–water partition coefficient (Wildman–Crippen LogP) is 2.02. The average Bonchev–Trinajstić information content (AvgIpc) is 2.71. The van der Waals surface area contributed by atoms with Crippen LogP contribution in [0.4, 0.5) is 17.1 Å². The third-order valence-corrected chi connectivity index (χ3v) is 5.30. The number of benzene rings is 2. The number of hydrogen-bond acceptors (Lipinski definition) is 5. The summed E-state index contributed by atoms with van der Waals surface area (Å²) in [6, 6.07) is 10.6. The Balaban J connectivity index is 1.93. The van der Waals surface area contributed by atoms with E-state index in [1.165, 1.54) is 32.2 Å². The number of fused-ring (bicyclic) bond motifs is 1. The molecule has 8 nitrogen and oxygen atoms in total. The highest BCUT2D eigenvalue weighted by molar-refractivity contribution is 7.92. The Morgan fingerprint density at radius 1 is 1.00 bits per heavy atom. The number of hydrogen-bond donors (Lipinski definition) is 3. The number of methoxy groups -OCH3 is 1. The maximum atomic E-state index is 12.6. The van der Waals surface area contributed by atoms with Crippen molar-refractivity contribution < 1.29 is 22.7 Å². The molecule has 2 aromatic carbocycles. The Morgan fingerprint density at radius 2 is 1.69 bits per heavy atom. The SMILES string of the molecule is COc1cccc(NS(=O)(=O)c2ccc3c(c2)NC(=O)[C@@H](C)C(=O)N3)c1. The van der Waals surface area contributed by atoms with Crippen molar-refractivity contribution in [3.05, 3.63) is 42.5 Å². The van der Waals surface area contributed by atoms with Crippen LogP contribution in [-0.2, 0) is 19.6 Å². The van der Waals surface area contributed by atoms with E-state index in [0.717, 1.165) is 0 Å². The number of nitrogens with one attached hydrogen (secondary N) is 3. The summed E-state index contributed by atoms with van der Waals surface area (Å²) in [5.74, 6) is -1.32. The molecule has 1 aliphatic rings. The summed E-state index contributed by atoms with van der Waals surface area (Å²) in [4.78, 5) is 23.8. The van der Waals surface area contributed by atoms with Crippen molar-refractivity contribution >= 4 is 38.9 Å². The zero-order valence-electron chi connectivity index (χ0n) is 14.1. The first kappa shape index (κ1) is 17.7. The molecule has 0 fully saturated rings. The quantitative estimate of drug-likeness (QED) is 0.708. The molecule has 2 aromatic rings. The van der Waals surface area contributed by atoms with Crippen LogP contribution in [-0.4, -0.2) is 27.3 Å². The largest absolute Gasteiger partial charge is 0.497 e. The van der Waals surface area contributed by atoms with Gasteiger partial charge in [0.25, 0.3) is 10.0 Å². The third kappa shape index (κ3) is 3.47. The lowest BCUT2D eigenvalue weighted by atomic mass is 10.1. The monoisotopic (exact) mass is 375 g/mol. The van der Waals surface area contributed by atoms with Gasteiger partial charge in [0.2, 0.25) is 11.8 Å². The molecule has 136 valence electrons. The van der Waals surface area contributed by atoms with E-state index in [0.29, 0.717) is 17.1 Å². The van der Waals surface area contributed by atoms with Crippen LogP contribution in [0, 0.1) is 5.92 Å². The summed E-state index contributed by atoms with van der Waals surface area (Å²) in [6.45, 7) is 1.47. The predicted molar refractivity (Wildman–Crippen MR) is 96.7 cm³/mol. The van der Waals surface area contributed by atoms with Gasteiger partial charge in [-0.2, -0.15) is 0 Å². The molecule has 1 atom stereocenters. The Labute approximate surface area is 150 Å². The minimum Gasteiger partial charge on any atom is -0.497 e. The van der Waals surface area contributed by atoms with Gasteiger partial charge in [-0.3, -0.25) is 14.3 Å².